The number of aromatic nitrogens is 2. The minimum absolute atomic E-state index is 0.521. The normalized spacial score (nSPS) is 14.9. The van der Waals surface area contributed by atoms with E-state index in [0.29, 0.717) is 10.7 Å². The second-order valence-electron chi connectivity index (χ2n) is 5.03. The second kappa shape index (κ2) is 5.87. The number of fused-ring (bicyclic) bond motifs is 1. The van der Waals surface area contributed by atoms with Crippen molar-refractivity contribution in [2.75, 3.05) is 0 Å². The molecular weight excluding hydrogens is 288 g/mol. The molecule has 2 rings (SSSR count). The number of nitrogens with zero attached hydrogens (tertiary/aromatic N) is 2. The number of aryl methyl sites for hydroxylation is 1. The van der Waals surface area contributed by atoms with Crippen molar-refractivity contribution in [2.24, 2.45) is 5.92 Å². The summed E-state index contributed by atoms with van der Waals surface area (Å²) in [6.07, 6.45) is 2.17. The Morgan fingerprint density at radius 1 is 1.28 bits per heavy atom. The fraction of sp³-hybridized carbons (Fsp3) is 0.533. The Kier molecular flexibility index (Phi) is 4.44. The van der Waals surface area contributed by atoms with Gasteiger partial charge in [0.2, 0.25) is 0 Å². The van der Waals surface area contributed by atoms with Crippen LogP contribution in [0.4, 0.5) is 0 Å². The molecule has 0 radical (unpaired) electrons. The third kappa shape index (κ3) is 2.77. The van der Waals surface area contributed by atoms with Gasteiger partial charge in [0.25, 0.3) is 0 Å². The van der Waals surface area contributed by atoms with Crippen LogP contribution < -0.4 is 0 Å². The Morgan fingerprint density at radius 3 is 2.67 bits per heavy atom. The van der Waals surface area contributed by atoms with E-state index in [1.165, 1.54) is 11.3 Å². The van der Waals surface area contributed by atoms with Gasteiger partial charge in [0.15, 0.2) is 0 Å². The number of rotatable bonds is 5. The molecule has 2 atom stereocenters. The molecule has 0 bridgehead atoms. The first kappa shape index (κ1) is 13.6. The van der Waals surface area contributed by atoms with Crippen LogP contribution in [0.2, 0.25) is 0 Å². The maximum atomic E-state index is 4.80. The van der Waals surface area contributed by atoms with Crippen molar-refractivity contribution in [3.63, 3.8) is 0 Å². The summed E-state index contributed by atoms with van der Waals surface area (Å²) in [5, 5.41) is 0. The predicted molar refractivity (Wildman–Crippen MR) is 81.3 cm³/mol. The highest BCUT2D eigenvalue weighted by molar-refractivity contribution is 9.09. The van der Waals surface area contributed by atoms with E-state index in [-0.39, 0.29) is 0 Å². The number of hydrogen-bond acceptors (Lipinski definition) is 1. The van der Waals surface area contributed by atoms with Gasteiger partial charge >= 0.3 is 0 Å². The zero-order chi connectivity index (χ0) is 13.1. The molecule has 98 valence electrons. The van der Waals surface area contributed by atoms with Gasteiger partial charge in [-0.3, -0.25) is 0 Å². The zero-order valence-electron chi connectivity index (χ0n) is 11.4. The number of benzene rings is 1. The molecule has 18 heavy (non-hydrogen) atoms. The van der Waals surface area contributed by atoms with Gasteiger partial charge in [0, 0.05) is 17.8 Å². The van der Waals surface area contributed by atoms with Crippen LogP contribution in [0.5, 0.6) is 0 Å². The zero-order valence-corrected chi connectivity index (χ0v) is 12.9. The van der Waals surface area contributed by atoms with Crippen LogP contribution in [-0.4, -0.2) is 14.4 Å². The highest BCUT2D eigenvalue weighted by Crippen LogP contribution is 2.22. The summed E-state index contributed by atoms with van der Waals surface area (Å²) in [5.74, 6) is 1.81. The van der Waals surface area contributed by atoms with Gasteiger partial charge in [0.1, 0.15) is 5.82 Å². The average molecular weight is 309 g/mol. The standard InChI is InChI=1S/C15H21BrN2/c1-4-9-18-14-8-6-5-7-13(14)17-15(18)10-11(2)12(3)16/h5-8,11-12H,4,9-10H2,1-3H3. The Balaban J connectivity index is 2.39. The minimum Gasteiger partial charge on any atom is -0.328 e. The molecule has 0 saturated heterocycles. The summed E-state index contributed by atoms with van der Waals surface area (Å²) in [6, 6.07) is 8.43. The molecule has 2 nitrogen and oxygen atoms in total. The molecule has 0 spiro atoms. The lowest BCUT2D eigenvalue weighted by Gasteiger charge is -2.15. The number of halogens is 1. The molecule has 1 aromatic carbocycles. The van der Waals surface area contributed by atoms with Crippen molar-refractivity contribution >= 4 is 27.0 Å². The van der Waals surface area contributed by atoms with Gasteiger partial charge in [-0.2, -0.15) is 0 Å². The monoisotopic (exact) mass is 308 g/mol. The van der Waals surface area contributed by atoms with Crippen LogP contribution >= 0.6 is 15.9 Å². The molecule has 0 fully saturated rings. The largest absolute Gasteiger partial charge is 0.328 e. The van der Waals surface area contributed by atoms with Crippen LogP contribution in [0, 0.1) is 5.92 Å². The molecule has 2 unspecified atom stereocenters. The molecule has 0 aliphatic heterocycles. The van der Waals surface area contributed by atoms with Crippen LogP contribution in [0.15, 0.2) is 24.3 Å². The van der Waals surface area contributed by atoms with E-state index in [9.17, 15) is 0 Å². The Morgan fingerprint density at radius 2 is 2.00 bits per heavy atom. The molecule has 0 aliphatic carbocycles. The van der Waals surface area contributed by atoms with E-state index >= 15 is 0 Å². The number of para-hydroxylation sites is 2. The fourth-order valence-corrected chi connectivity index (χ4v) is 2.39. The van der Waals surface area contributed by atoms with Crippen LogP contribution in [0.3, 0.4) is 0 Å². The summed E-state index contributed by atoms with van der Waals surface area (Å²) in [5.41, 5.74) is 2.39. The van der Waals surface area contributed by atoms with Crippen LogP contribution in [0.25, 0.3) is 11.0 Å². The van der Waals surface area contributed by atoms with E-state index in [1.807, 2.05) is 0 Å². The predicted octanol–water partition coefficient (Wildman–Crippen LogP) is 4.41. The summed E-state index contributed by atoms with van der Waals surface area (Å²) in [7, 11) is 0. The van der Waals surface area contributed by atoms with Crippen molar-refractivity contribution in [3.8, 4) is 0 Å². The lowest BCUT2D eigenvalue weighted by molar-refractivity contribution is 0.536. The number of alkyl halides is 1. The van der Waals surface area contributed by atoms with Gasteiger partial charge in [-0.25, -0.2) is 4.98 Å². The quantitative estimate of drug-likeness (QED) is 0.748. The fourth-order valence-electron chi connectivity index (χ4n) is 2.20. The molecule has 0 aliphatic rings. The van der Waals surface area contributed by atoms with Crippen molar-refractivity contribution in [1.29, 1.82) is 0 Å². The highest BCUT2D eigenvalue weighted by atomic mass is 79.9. The first-order valence-electron chi connectivity index (χ1n) is 6.71. The highest BCUT2D eigenvalue weighted by Gasteiger charge is 2.15. The molecule has 0 amide bonds. The van der Waals surface area contributed by atoms with Crippen LogP contribution in [-0.2, 0) is 13.0 Å². The number of imidazole rings is 1. The van der Waals surface area contributed by atoms with Crippen molar-refractivity contribution in [2.45, 2.75) is 45.0 Å². The van der Waals surface area contributed by atoms with E-state index in [1.54, 1.807) is 0 Å². The smallest absolute Gasteiger partial charge is 0.110 e. The maximum Gasteiger partial charge on any atom is 0.110 e. The van der Waals surface area contributed by atoms with Gasteiger partial charge in [0.05, 0.1) is 11.0 Å². The van der Waals surface area contributed by atoms with Gasteiger partial charge in [-0.15, -0.1) is 0 Å². The molecular formula is C15H21BrN2. The summed E-state index contributed by atoms with van der Waals surface area (Å²) in [4.78, 5) is 5.32. The average Bonchev–Trinajstić information content (AvgIpc) is 2.68. The molecule has 1 heterocycles. The van der Waals surface area contributed by atoms with E-state index in [0.717, 1.165) is 24.9 Å². The number of hydrogen-bond donors (Lipinski definition) is 0. The molecule has 0 N–H and O–H groups in total. The van der Waals surface area contributed by atoms with E-state index in [2.05, 4.69) is 65.5 Å². The lowest BCUT2D eigenvalue weighted by atomic mass is 10.0. The van der Waals surface area contributed by atoms with Gasteiger partial charge in [-0.05, 0) is 24.5 Å². The van der Waals surface area contributed by atoms with E-state index < -0.39 is 0 Å². The van der Waals surface area contributed by atoms with E-state index in [4.69, 9.17) is 4.98 Å². The Labute approximate surface area is 118 Å². The second-order valence-corrected chi connectivity index (χ2v) is 6.47. The van der Waals surface area contributed by atoms with Crippen molar-refractivity contribution in [3.05, 3.63) is 30.1 Å². The summed E-state index contributed by atoms with van der Waals surface area (Å²) < 4.78 is 2.38. The van der Waals surface area contributed by atoms with Gasteiger partial charge < -0.3 is 4.57 Å². The van der Waals surface area contributed by atoms with Crippen LogP contribution in [0.1, 0.15) is 33.0 Å². The molecule has 3 heteroatoms. The third-order valence-corrected chi connectivity index (χ3v) is 4.37. The van der Waals surface area contributed by atoms with Crippen molar-refractivity contribution in [1.82, 2.24) is 9.55 Å². The Hall–Kier alpha value is -0.830. The first-order chi connectivity index (χ1) is 8.63. The molecule has 2 aromatic rings. The summed E-state index contributed by atoms with van der Waals surface area (Å²) >= 11 is 3.67. The SMILES string of the molecule is CCCn1c(CC(C)C(C)Br)nc2ccccc21. The molecule has 0 saturated carbocycles. The minimum atomic E-state index is 0.521. The molecule has 1 aromatic heterocycles. The lowest BCUT2D eigenvalue weighted by Crippen LogP contribution is -2.14. The Bertz CT molecular complexity index is 516. The first-order valence-corrected chi connectivity index (χ1v) is 7.63. The summed E-state index contributed by atoms with van der Waals surface area (Å²) in [6.45, 7) is 7.75. The topological polar surface area (TPSA) is 17.8 Å². The van der Waals surface area contributed by atoms with Crippen molar-refractivity contribution < 1.29 is 0 Å². The van der Waals surface area contributed by atoms with Gasteiger partial charge in [-0.1, -0.05) is 48.8 Å². The maximum absolute atomic E-state index is 4.80. The third-order valence-electron chi connectivity index (χ3n) is 3.47.